The molecule has 8 rings (SSSR count). The topological polar surface area (TPSA) is 124 Å². The highest BCUT2D eigenvalue weighted by Crippen LogP contribution is 2.53. The summed E-state index contributed by atoms with van der Waals surface area (Å²) in [7, 11) is 4.67. The third kappa shape index (κ3) is 7.10. The summed E-state index contributed by atoms with van der Waals surface area (Å²) in [5, 5.41) is 7.43. The van der Waals surface area contributed by atoms with E-state index in [1.807, 2.05) is 42.5 Å². The van der Waals surface area contributed by atoms with E-state index in [-0.39, 0.29) is 29.9 Å². The molecule has 3 fully saturated rings. The van der Waals surface area contributed by atoms with Crippen molar-refractivity contribution < 1.29 is 28.5 Å². The quantitative estimate of drug-likeness (QED) is 0.147. The van der Waals surface area contributed by atoms with Crippen LogP contribution in [-0.2, 0) is 33.8 Å². The molecule has 1 saturated carbocycles. The Morgan fingerprint density at radius 2 is 1.63 bits per heavy atom. The van der Waals surface area contributed by atoms with Crippen LogP contribution >= 0.6 is 23.2 Å². The predicted octanol–water partition coefficient (Wildman–Crippen LogP) is 6.42. The average Bonchev–Trinajstić information content (AvgIpc) is 3.52. The van der Waals surface area contributed by atoms with Crippen molar-refractivity contribution in [2.75, 3.05) is 41.0 Å². The lowest BCUT2D eigenvalue weighted by Gasteiger charge is -2.21. The van der Waals surface area contributed by atoms with Crippen molar-refractivity contribution in [3.05, 3.63) is 86.9 Å². The molecule has 0 unspecified atom stereocenters. The second-order valence-corrected chi connectivity index (χ2v) is 15.3. The fraction of sp³-hybridized carbons (Fsp3) is 0.415. The van der Waals surface area contributed by atoms with Gasteiger partial charge in [0.25, 0.3) is 0 Å². The molecule has 5 atom stereocenters. The van der Waals surface area contributed by atoms with Gasteiger partial charge in [0, 0.05) is 67.4 Å². The third-order valence-electron chi connectivity index (χ3n) is 11.3. The van der Waals surface area contributed by atoms with E-state index in [4.69, 9.17) is 52.1 Å². The molecule has 11 nitrogen and oxygen atoms in total. The van der Waals surface area contributed by atoms with Gasteiger partial charge in [0.1, 0.15) is 11.1 Å². The first-order valence-corrected chi connectivity index (χ1v) is 19.2. The lowest BCUT2D eigenvalue weighted by atomic mass is 9.94. The number of hydrogen-bond acceptors (Lipinski definition) is 10. The van der Waals surface area contributed by atoms with Crippen LogP contribution in [-0.4, -0.2) is 73.7 Å². The monoisotopic (exact) mass is 771 g/mol. The van der Waals surface area contributed by atoms with Crippen LogP contribution in [0.5, 0.6) is 17.6 Å². The van der Waals surface area contributed by atoms with Gasteiger partial charge in [0.2, 0.25) is 23.5 Å². The van der Waals surface area contributed by atoms with Crippen molar-refractivity contribution in [2.45, 2.75) is 50.9 Å². The zero-order valence-corrected chi connectivity index (χ0v) is 32.0. The number of pyridine rings is 2. The van der Waals surface area contributed by atoms with Crippen molar-refractivity contribution >= 4 is 35.1 Å². The number of benzene rings is 2. The number of likely N-dealkylation sites (tertiary alicyclic amines) is 1. The van der Waals surface area contributed by atoms with Crippen LogP contribution in [0.1, 0.15) is 47.6 Å². The number of esters is 1. The highest BCUT2D eigenvalue weighted by atomic mass is 35.5. The van der Waals surface area contributed by atoms with Gasteiger partial charge in [-0.1, -0.05) is 65.7 Å². The number of amides is 1. The molecule has 2 saturated heterocycles. The molecule has 0 radical (unpaired) electrons. The molecule has 4 aliphatic rings. The van der Waals surface area contributed by atoms with E-state index in [1.165, 1.54) is 12.7 Å². The minimum atomic E-state index is -0.250. The largest absolute Gasteiger partial charge is 0.481 e. The van der Waals surface area contributed by atoms with Gasteiger partial charge in [-0.2, -0.15) is 4.98 Å². The Morgan fingerprint density at radius 1 is 0.889 bits per heavy atom. The molecule has 0 bridgehead atoms. The summed E-state index contributed by atoms with van der Waals surface area (Å²) in [5.41, 5.74) is 7.52. The summed E-state index contributed by atoms with van der Waals surface area (Å²) in [6.45, 7) is 3.53. The number of carbonyl (C=O) groups excluding carboxylic acids is 2. The van der Waals surface area contributed by atoms with E-state index in [1.54, 1.807) is 14.2 Å². The van der Waals surface area contributed by atoms with Crippen molar-refractivity contribution in [1.29, 1.82) is 0 Å². The van der Waals surface area contributed by atoms with Gasteiger partial charge in [0.15, 0.2) is 0 Å². The first-order chi connectivity index (χ1) is 26.3. The number of ether oxygens (including phenoxy) is 4. The van der Waals surface area contributed by atoms with Gasteiger partial charge in [0.05, 0.1) is 38.0 Å². The summed E-state index contributed by atoms with van der Waals surface area (Å²) in [6.07, 6.45) is 2.72. The molecule has 2 aliphatic carbocycles. The number of halogens is 2. The number of methoxy groups -OCH3 is 3. The van der Waals surface area contributed by atoms with Crippen LogP contribution in [0.25, 0.3) is 22.4 Å². The Hall–Kier alpha value is -4.42. The molecule has 54 heavy (non-hydrogen) atoms. The van der Waals surface area contributed by atoms with Gasteiger partial charge in [-0.25, -0.2) is 4.98 Å². The van der Waals surface area contributed by atoms with E-state index < -0.39 is 0 Å². The second kappa shape index (κ2) is 15.4. The van der Waals surface area contributed by atoms with Gasteiger partial charge >= 0.3 is 5.97 Å². The lowest BCUT2D eigenvalue weighted by Crippen LogP contribution is -2.35. The fourth-order valence-electron chi connectivity index (χ4n) is 8.54. The highest BCUT2D eigenvalue weighted by Gasteiger charge is 2.60. The summed E-state index contributed by atoms with van der Waals surface area (Å²) < 4.78 is 22.9. The summed E-state index contributed by atoms with van der Waals surface area (Å²) >= 11 is 14.0. The molecule has 2 aromatic heterocycles. The smallest absolute Gasteiger partial charge is 0.309 e. The standard InChI is InChI=1S/C41H43Cl2N5O6/c1-51-38-22(17-44-18-24-11-15-35(49)45-24)10-13-33(46-38)29-9-5-8-28(37(29)43)25-6-4-7-27-26(25)12-14-34(27)54-40-32(42)16-23(39(47-40)52-2)19-48-20-30-31(21-48)36(30)41(50)53-3/h4-10,13,16,24,30-31,34,36,44H,11-12,14-15,17-21H2,1-3H3,(H,45,49)/t24-,30-,31+,34-,36+/m0/s1. The van der Waals surface area contributed by atoms with Gasteiger partial charge < -0.3 is 29.6 Å². The first-order valence-electron chi connectivity index (χ1n) is 18.4. The number of carbonyl (C=O) groups is 2. The zero-order valence-electron chi connectivity index (χ0n) is 30.5. The number of nitrogens with one attached hydrogen (secondary N) is 2. The van der Waals surface area contributed by atoms with Crippen molar-refractivity contribution in [3.63, 3.8) is 0 Å². The number of rotatable bonds is 13. The fourth-order valence-corrected chi connectivity index (χ4v) is 9.08. The minimum Gasteiger partial charge on any atom is -0.481 e. The van der Waals surface area contributed by atoms with E-state index in [0.29, 0.717) is 71.3 Å². The van der Waals surface area contributed by atoms with Crippen molar-refractivity contribution in [2.24, 2.45) is 17.8 Å². The maximum Gasteiger partial charge on any atom is 0.309 e. The molecule has 282 valence electrons. The van der Waals surface area contributed by atoms with Gasteiger partial charge in [-0.05, 0) is 59.9 Å². The predicted molar refractivity (Wildman–Crippen MR) is 205 cm³/mol. The Kier molecular flexibility index (Phi) is 10.4. The number of aromatic nitrogens is 2. The van der Waals surface area contributed by atoms with E-state index in [2.05, 4.69) is 27.7 Å². The molecule has 4 aromatic rings. The number of fused-ring (bicyclic) bond motifs is 2. The molecule has 13 heteroatoms. The maximum atomic E-state index is 12.0. The summed E-state index contributed by atoms with van der Waals surface area (Å²) in [4.78, 5) is 35.4. The molecule has 0 spiro atoms. The molecule has 1 amide bonds. The van der Waals surface area contributed by atoms with Gasteiger partial charge in [-0.3, -0.25) is 14.5 Å². The lowest BCUT2D eigenvalue weighted by molar-refractivity contribution is -0.143. The highest BCUT2D eigenvalue weighted by molar-refractivity contribution is 6.36. The van der Waals surface area contributed by atoms with Crippen LogP contribution in [0, 0.1) is 17.8 Å². The van der Waals surface area contributed by atoms with E-state index in [0.717, 1.165) is 65.7 Å². The van der Waals surface area contributed by atoms with Crippen LogP contribution in [0.3, 0.4) is 0 Å². The second-order valence-electron chi connectivity index (χ2n) is 14.5. The SMILES string of the molecule is COC(=O)[C@H]1[C@@H]2CN(Cc3cc(Cl)c(O[C@H]4CCc5c(-c6cccc(-c7ccc(CNC[C@@H]8CCC(=O)N8)c(OC)n7)c6Cl)cccc54)nc3OC)C[C@@H]21. The van der Waals surface area contributed by atoms with E-state index in [9.17, 15) is 9.59 Å². The van der Waals surface area contributed by atoms with Crippen LogP contribution in [0.4, 0.5) is 0 Å². The van der Waals surface area contributed by atoms with Crippen LogP contribution in [0.15, 0.2) is 54.6 Å². The Morgan fingerprint density at radius 3 is 2.37 bits per heavy atom. The Bertz CT molecular complexity index is 2090. The van der Waals surface area contributed by atoms with E-state index >= 15 is 0 Å². The number of piperidine rings is 1. The van der Waals surface area contributed by atoms with Gasteiger partial charge in [-0.15, -0.1) is 0 Å². The van der Waals surface area contributed by atoms with Crippen LogP contribution < -0.4 is 24.8 Å². The normalized spacial score (nSPS) is 22.8. The van der Waals surface area contributed by atoms with Crippen molar-refractivity contribution in [1.82, 2.24) is 25.5 Å². The molecular formula is C41H43Cl2N5O6. The zero-order chi connectivity index (χ0) is 37.5. The summed E-state index contributed by atoms with van der Waals surface area (Å²) in [5.74, 6) is 2.04. The summed E-state index contributed by atoms with van der Waals surface area (Å²) in [6, 6.07) is 18.2. The first kappa shape index (κ1) is 36.6. The average molecular weight is 773 g/mol. The molecule has 2 aliphatic heterocycles. The Labute approximate surface area is 324 Å². The molecule has 2 aromatic carbocycles. The number of nitrogens with zero attached hydrogens (tertiary/aromatic N) is 3. The maximum absolute atomic E-state index is 12.0. The van der Waals surface area contributed by atoms with Crippen LogP contribution in [0.2, 0.25) is 10.0 Å². The van der Waals surface area contributed by atoms with Crippen molar-refractivity contribution in [3.8, 4) is 40.0 Å². The third-order valence-corrected chi connectivity index (χ3v) is 11.9. The minimum absolute atomic E-state index is 0.0208. The molecule has 2 N–H and O–H groups in total. The molecular weight excluding hydrogens is 729 g/mol. The molecule has 4 heterocycles. The Balaban J connectivity index is 0.971. The number of hydrogen-bond donors (Lipinski definition) is 2.